The van der Waals surface area contributed by atoms with Gasteiger partial charge in [0.25, 0.3) is 0 Å². The zero-order chi connectivity index (χ0) is 13.5. The van der Waals surface area contributed by atoms with Crippen LogP contribution in [-0.2, 0) is 0 Å². The van der Waals surface area contributed by atoms with E-state index in [0.717, 1.165) is 33.0 Å². The molecular weight excluding hydrogens is 316 g/mol. The summed E-state index contributed by atoms with van der Waals surface area (Å²) in [6.45, 7) is 2.12. The number of thioether (sulfide) groups is 1. The van der Waals surface area contributed by atoms with Crippen LogP contribution in [0.5, 0.6) is 11.5 Å². The third-order valence-corrected chi connectivity index (χ3v) is 4.31. The van der Waals surface area contributed by atoms with Gasteiger partial charge in [0.05, 0.1) is 20.3 Å². The summed E-state index contributed by atoms with van der Waals surface area (Å²) in [5.41, 5.74) is 3.85. The first-order valence-corrected chi connectivity index (χ1v) is 7.58. The van der Waals surface area contributed by atoms with E-state index in [2.05, 4.69) is 28.3 Å². The van der Waals surface area contributed by atoms with Gasteiger partial charge in [0.1, 0.15) is 16.0 Å². The summed E-state index contributed by atoms with van der Waals surface area (Å²) in [5, 5.41) is 0. The lowest BCUT2D eigenvalue weighted by molar-refractivity contribution is 0.382. The van der Waals surface area contributed by atoms with E-state index >= 15 is 0 Å². The molecule has 0 aliphatic rings. The summed E-state index contributed by atoms with van der Waals surface area (Å²) in [5.74, 6) is 9.07. The Balaban J connectivity index is 3.10. The van der Waals surface area contributed by atoms with Gasteiger partial charge in [0.2, 0.25) is 0 Å². The fourth-order valence-electron chi connectivity index (χ4n) is 1.66. The minimum absolute atomic E-state index is 0.0482. The third kappa shape index (κ3) is 3.54. The van der Waals surface area contributed by atoms with Crippen LogP contribution < -0.4 is 20.7 Å². The molecule has 1 unspecified atom stereocenters. The van der Waals surface area contributed by atoms with Gasteiger partial charge in [-0.25, -0.2) is 0 Å². The van der Waals surface area contributed by atoms with E-state index in [9.17, 15) is 0 Å². The van der Waals surface area contributed by atoms with Gasteiger partial charge in [-0.2, -0.15) is 11.8 Å². The van der Waals surface area contributed by atoms with Gasteiger partial charge < -0.3 is 9.47 Å². The average molecular weight is 335 g/mol. The maximum Gasteiger partial charge on any atom is 0.141 e. The predicted molar refractivity (Wildman–Crippen MR) is 80.3 cm³/mol. The fourth-order valence-corrected chi connectivity index (χ4v) is 3.09. The first-order valence-electron chi connectivity index (χ1n) is 5.63. The average Bonchev–Trinajstić information content (AvgIpc) is 2.40. The molecule has 0 saturated heterocycles. The molecule has 1 aromatic rings. The van der Waals surface area contributed by atoms with Crippen LogP contribution in [0, 0.1) is 0 Å². The summed E-state index contributed by atoms with van der Waals surface area (Å²) < 4.78 is 11.5. The van der Waals surface area contributed by atoms with Crippen molar-refractivity contribution in [3.05, 3.63) is 22.2 Å². The van der Waals surface area contributed by atoms with Gasteiger partial charge in [-0.05, 0) is 33.8 Å². The summed E-state index contributed by atoms with van der Waals surface area (Å²) in [7, 11) is 3.27. The summed E-state index contributed by atoms with van der Waals surface area (Å²) in [6.07, 6.45) is 0. The van der Waals surface area contributed by atoms with Crippen molar-refractivity contribution in [2.45, 2.75) is 13.0 Å². The zero-order valence-electron chi connectivity index (χ0n) is 10.8. The Kier molecular flexibility index (Phi) is 6.85. The van der Waals surface area contributed by atoms with Crippen LogP contribution in [0.4, 0.5) is 0 Å². The standard InChI is InChI=1S/C12H19BrN2O2S/c1-4-18-7-9(15-14)8-5-6-10(16-2)11(13)12(8)17-3/h5-6,9,15H,4,7,14H2,1-3H3. The summed E-state index contributed by atoms with van der Waals surface area (Å²) in [4.78, 5) is 0. The summed E-state index contributed by atoms with van der Waals surface area (Å²) in [6, 6.07) is 3.93. The number of hydrazine groups is 1. The van der Waals surface area contributed by atoms with E-state index in [-0.39, 0.29) is 6.04 Å². The van der Waals surface area contributed by atoms with E-state index in [1.54, 1.807) is 14.2 Å². The van der Waals surface area contributed by atoms with Crippen LogP contribution >= 0.6 is 27.7 Å². The number of benzene rings is 1. The molecule has 0 fully saturated rings. The third-order valence-electron chi connectivity index (χ3n) is 2.58. The SMILES string of the molecule is CCSCC(NN)c1ccc(OC)c(Br)c1OC. The van der Waals surface area contributed by atoms with Crippen LogP contribution in [0.15, 0.2) is 16.6 Å². The number of hydrogen-bond donors (Lipinski definition) is 2. The van der Waals surface area contributed by atoms with Crippen LogP contribution in [0.3, 0.4) is 0 Å². The molecule has 0 spiro atoms. The van der Waals surface area contributed by atoms with E-state index in [4.69, 9.17) is 15.3 Å². The molecule has 3 N–H and O–H groups in total. The van der Waals surface area contributed by atoms with Crippen molar-refractivity contribution in [1.82, 2.24) is 5.43 Å². The van der Waals surface area contributed by atoms with E-state index in [1.807, 2.05) is 23.9 Å². The predicted octanol–water partition coefficient (Wildman–Crippen LogP) is 2.72. The smallest absolute Gasteiger partial charge is 0.141 e. The molecule has 1 aromatic carbocycles. The molecule has 0 heterocycles. The Hall–Kier alpha value is -0.430. The highest BCUT2D eigenvalue weighted by molar-refractivity contribution is 9.10. The molecule has 1 rings (SSSR count). The highest BCUT2D eigenvalue weighted by Crippen LogP contribution is 2.40. The topological polar surface area (TPSA) is 56.5 Å². The molecule has 1 atom stereocenters. The van der Waals surface area contributed by atoms with E-state index in [0.29, 0.717) is 0 Å². The van der Waals surface area contributed by atoms with Crippen molar-refractivity contribution < 1.29 is 9.47 Å². The Bertz CT molecular complexity index is 391. The molecule has 0 aromatic heterocycles. The van der Waals surface area contributed by atoms with Crippen molar-refractivity contribution in [1.29, 1.82) is 0 Å². The number of nitrogens with two attached hydrogens (primary N) is 1. The second-order valence-electron chi connectivity index (χ2n) is 3.58. The maximum absolute atomic E-state index is 5.62. The molecule has 4 nitrogen and oxygen atoms in total. The molecule has 0 amide bonds. The van der Waals surface area contributed by atoms with Gasteiger partial charge in [-0.1, -0.05) is 6.92 Å². The number of nitrogens with one attached hydrogen (secondary N) is 1. The second kappa shape index (κ2) is 7.89. The maximum atomic E-state index is 5.62. The molecular formula is C12H19BrN2O2S. The Morgan fingerprint density at radius 3 is 2.61 bits per heavy atom. The lowest BCUT2D eigenvalue weighted by atomic mass is 10.1. The van der Waals surface area contributed by atoms with Gasteiger partial charge in [0.15, 0.2) is 0 Å². The van der Waals surface area contributed by atoms with Crippen LogP contribution in [-0.4, -0.2) is 25.7 Å². The number of rotatable bonds is 7. The second-order valence-corrected chi connectivity index (χ2v) is 5.69. The number of ether oxygens (including phenoxy) is 2. The lowest BCUT2D eigenvalue weighted by Crippen LogP contribution is -2.30. The first kappa shape index (κ1) is 15.6. The van der Waals surface area contributed by atoms with Gasteiger partial charge in [0, 0.05) is 11.3 Å². The van der Waals surface area contributed by atoms with Gasteiger partial charge >= 0.3 is 0 Å². The van der Waals surface area contributed by atoms with E-state index < -0.39 is 0 Å². The van der Waals surface area contributed by atoms with Crippen molar-refractivity contribution in [2.75, 3.05) is 25.7 Å². The largest absolute Gasteiger partial charge is 0.495 e. The first-order chi connectivity index (χ1) is 8.69. The van der Waals surface area contributed by atoms with Crippen LogP contribution in [0.2, 0.25) is 0 Å². The molecule has 0 bridgehead atoms. The van der Waals surface area contributed by atoms with Crippen LogP contribution in [0.1, 0.15) is 18.5 Å². The van der Waals surface area contributed by atoms with Crippen molar-refractivity contribution in [2.24, 2.45) is 5.84 Å². The van der Waals surface area contributed by atoms with Gasteiger partial charge in [-0.3, -0.25) is 11.3 Å². The molecule has 6 heteroatoms. The Morgan fingerprint density at radius 1 is 1.39 bits per heavy atom. The molecule has 0 aliphatic heterocycles. The van der Waals surface area contributed by atoms with Gasteiger partial charge in [-0.15, -0.1) is 0 Å². The number of halogens is 1. The fraction of sp³-hybridized carbons (Fsp3) is 0.500. The molecule has 0 saturated carbocycles. The van der Waals surface area contributed by atoms with E-state index in [1.165, 1.54) is 0 Å². The normalized spacial score (nSPS) is 12.3. The number of methoxy groups -OCH3 is 2. The Morgan fingerprint density at radius 2 is 2.11 bits per heavy atom. The highest BCUT2D eigenvalue weighted by atomic mass is 79.9. The minimum Gasteiger partial charge on any atom is -0.495 e. The molecule has 18 heavy (non-hydrogen) atoms. The zero-order valence-corrected chi connectivity index (χ0v) is 13.2. The number of hydrogen-bond acceptors (Lipinski definition) is 5. The highest BCUT2D eigenvalue weighted by Gasteiger charge is 2.19. The van der Waals surface area contributed by atoms with Crippen LogP contribution in [0.25, 0.3) is 0 Å². The molecule has 0 aliphatic carbocycles. The monoisotopic (exact) mass is 334 g/mol. The minimum atomic E-state index is 0.0482. The Labute approximate surface area is 121 Å². The quantitative estimate of drug-likeness (QED) is 0.593. The van der Waals surface area contributed by atoms with Crippen molar-refractivity contribution in [3.8, 4) is 11.5 Å². The summed E-state index contributed by atoms with van der Waals surface area (Å²) >= 11 is 5.32. The van der Waals surface area contributed by atoms with Crippen molar-refractivity contribution >= 4 is 27.7 Å². The molecule has 102 valence electrons. The lowest BCUT2D eigenvalue weighted by Gasteiger charge is -2.20. The van der Waals surface area contributed by atoms with Crippen molar-refractivity contribution in [3.63, 3.8) is 0 Å². The molecule has 0 radical (unpaired) electrons.